The molecule has 0 saturated carbocycles. The van der Waals surface area contributed by atoms with Crippen molar-refractivity contribution in [2.45, 2.75) is 193 Å². The standard InChI is InChI=1S/C38H78O6/c1-3-5-7-9-23-27-31-43-37(33-39)35-41-29-25-21-19-17-15-13-11-12-14-16-18-20-22-26-30-42-36-38(34-40)44-32-28-24-10-8-6-4-2/h37-40H,3-36H2,1-2H3/t37-,38-/m0/s1. The SMILES string of the molecule is CCCCCCCCO[C@@H](CO)COCCCCCCCCCCCCCCCCOC[C@H](CO)OCCCCCCCC. The van der Waals surface area contributed by atoms with Gasteiger partial charge in [-0.2, -0.15) is 0 Å². The van der Waals surface area contributed by atoms with Crippen LogP contribution < -0.4 is 0 Å². The molecule has 44 heavy (non-hydrogen) atoms. The third kappa shape index (κ3) is 34.6. The minimum absolute atomic E-state index is 0.0499. The molecule has 0 unspecified atom stereocenters. The molecule has 2 atom stereocenters. The maximum Gasteiger partial charge on any atom is 0.104 e. The Bertz CT molecular complexity index is 462. The summed E-state index contributed by atoms with van der Waals surface area (Å²) in [6.07, 6.45) is 33.0. The van der Waals surface area contributed by atoms with Crippen LogP contribution in [-0.2, 0) is 18.9 Å². The highest BCUT2D eigenvalue weighted by Crippen LogP contribution is 2.13. The molecular weight excluding hydrogens is 552 g/mol. The van der Waals surface area contributed by atoms with E-state index < -0.39 is 0 Å². The fraction of sp³-hybridized carbons (Fsp3) is 1.00. The molecule has 0 aliphatic heterocycles. The van der Waals surface area contributed by atoms with E-state index in [0.717, 1.165) is 52.1 Å². The van der Waals surface area contributed by atoms with Gasteiger partial charge in [-0.05, 0) is 25.7 Å². The molecule has 0 aliphatic rings. The molecule has 0 amide bonds. The lowest BCUT2D eigenvalue weighted by atomic mass is 10.0. The number of hydrogen-bond donors (Lipinski definition) is 2. The summed E-state index contributed by atoms with van der Waals surface area (Å²) in [4.78, 5) is 0. The molecule has 266 valence electrons. The lowest BCUT2D eigenvalue weighted by Gasteiger charge is -2.15. The normalized spacial score (nSPS) is 13.1. The first-order chi connectivity index (χ1) is 21.8. The summed E-state index contributed by atoms with van der Waals surface area (Å²) in [7, 11) is 0. The van der Waals surface area contributed by atoms with Gasteiger partial charge in [0.25, 0.3) is 0 Å². The summed E-state index contributed by atoms with van der Waals surface area (Å²) < 4.78 is 23.1. The lowest BCUT2D eigenvalue weighted by molar-refractivity contribution is -0.0437. The summed E-state index contributed by atoms with van der Waals surface area (Å²) >= 11 is 0. The topological polar surface area (TPSA) is 77.4 Å². The summed E-state index contributed by atoms with van der Waals surface area (Å²) in [6, 6.07) is 0. The van der Waals surface area contributed by atoms with Crippen molar-refractivity contribution < 1.29 is 29.2 Å². The van der Waals surface area contributed by atoms with Crippen molar-refractivity contribution in [2.24, 2.45) is 0 Å². The Morgan fingerprint density at radius 3 is 0.864 bits per heavy atom. The van der Waals surface area contributed by atoms with Gasteiger partial charge in [-0.3, -0.25) is 0 Å². The third-order valence-electron chi connectivity index (χ3n) is 8.54. The van der Waals surface area contributed by atoms with Gasteiger partial charge in [0.15, 0.2) is 0 Å². The second-order valence-corrected chi connectivity index (χ2v) is 13.0. The molecule has 0 rings (SSSR count). The van der Waals surface area contributed by atoms with E-state index in [0.29, 0.717) is 13.2 Å². The quantitative estimate of drug-likeness (QED) is 0.0658. The molecule has 2 N–H and O–H groups in total. The highest BCUT2D eigenvalue weighted by molar-refractivity contribution is 4.57. The number of unbranched alkanes of at least 4 members (excludes halogenated alkanes) is 23. The van der Waals surface area contributed by atoms with Gasteiger partial charge in [0.05, 0.1) is 26.4 Å². The number of aliphatic hydroxyl groups is 2. The Balaban J connectivity index is 3.29. The van der Waals surface area contributed by atoms with Crippen molar-refractivity contribution in [1.82, 2.24) is 0 Å². The van der Waals surface area contributed by atoms with Gasteiger partial charge in [0, 0.05) is 26.4 Å². The molecule has 0 saturated heterocycles. The molecule has 0 aromatic rings. The number of ether oxygens (including phenoxy) is 4. The van der Waals surface area contributed by atoms with Gasteiger partial charge in [0.1, 0.15) is 12.2 Å². The average Bonchev–Trinajstić information content (AvgIpc) is 3.04. The van der Waals surface area contributed by atoms with Crippen LogP contribution in [0, 0.1) is 0 Å². The maximum absolute atomic E-state index is 9.50. The summed E-state index contributed by atoms with van der Waals surface area (Å²) in [5.41, 5.74) is 0. The zero-order valence-corrected chi connectivity index (χ0v) is 29.7. The van der Waals surface area contributed by atoms with E-state index in [2.05, 4.69) is 13.8 Å². The highest BCUT2D eigenvalue weighted by atomic mass is 16.5. The van der Waals surface area contributed by atoms with Gasteiger partial charge in [-0.15, -0.1) is 0 Å². The predicted octanol–water partition coefficient (Wildman–Crippen LogP) is 9.96. The Morgan fingerprint density at radius 1 is 0.341 bits per heavy atom. The zero-order chi connectivity index (χ0) is 32.0. The number of aliphatic hydroxyl groups excluding tert-OH is 2. The largest absolute Gasteiger partial charge is 0.394 e. The van der Waals surface area contributed by atoms with E-state index in [1.54, 1.807) is 0 Å². The Hall–Kier alpha value is -0.240. The van der Waals surface area contributed by atoms with E-state index >= 15 is 0 Å². The lowest BCUT2D eigenvalue weighted by Crippen LogP contribution is -2.24. The average molecular weight is 631 g/mol. The van der Waals surface area contributed by atoms with Gasteiger partial charge in [0.2, 0.25) is 0 Å². The van der Waals surface area contributed by atoms with E-state index in [9.17, 15) is 10.2 Å². The van der Waals surface area contributed by atoms with Crippen LogP contribution in [0.1, 0.15) is 181 Å². The monoisotopic (exact) mass is 631 g/mol. The van der Waals surface area contributed by atoms with Crippen molar-refractivity contribution in [3.63, 3.8) is 0 Å². The van der Waals surface area contributed by atoms with Crippen molar-refractivity contribution in [1.29, 1.82) is 0 Å². The minimum Gasteiger partial charge on any atom is -0.394 e. The Labute approximate surface area is 274 Å². The van der Waals surface area contributed by atoms with Crippen molar-refractivity contribution in [3.8, 4) is 0 Å². The van der Waals surface area contributed by atoms with Crippen LogP contribution in [0.25, 0.3) is 0 Å². The third-order valence-corrected chi connectivity index (χ3v) is 8.54. The Morgan fingerprint density at radius 2 is 0.591 bits per heavy atom. The molecule has 0 fully saturated rings. The molecule has 6 heteroatoms. The molecule has 6 nitrogen and oxygen atoms in total. The second kappa shape index (κ2) is 38.9. The Kier molecular flexibility index (Phi) is 38.7. The number of hydrogen-bond acceptors (Lipinski definition) is 6. The van der Waals surface area contributed by atoms with Crippen molar-refractivity contribution >= 4 is 0 Å². The van der Waals surface area contributed by atoms with Gasteiger partial charge in [-0.25, -0.2) is 0 Å². The minimum atomic E-state index is -0.165. The van der Waals surface area contributed by atoms with Crippen LogP contribution in [-0.4, -0.2) is 75.3 Å². The molecule has 0 bridgehead atoms. The fourth-order valence-corrected chi connectivity index (χ4v) is 5.53. The van der Waals surface area contributed by atoms with Crippen LogP contribution in [0.2, 0.25) is 0 Å². The molecule has 0 radical (unpaired) electrons. The van der Waals surface area contributed by atoms with E-state index in [1.807, 2.05) is 0 Å². The molecular formula is C38H78O6. The highest BCUT2D eigenvalue weighted by Gasteiger charge is 2.08. The first kappa shape index (κ1) is 43.8. The van der Waals surface area contributed by atoms with E-state index in [1.165, 1.54) is 141 Å². The molecule has 0 heterocycles. The first-order valence-corrected chi connectivity index (χ1v) is 19.4. The van der Waals surface area contributed by atoms with Crippen LogP contribution in [0.4, 0.5) is 0 Å². The van der Waals surface area contributed by atoms with Crippen molar-refractivity contribution in [2.75, 3.05) is 52.9 Å². The van der Waals surface area contributed by atoms with E-state index in [4.69, 9.17) is 18.9 Å². The van der Waals surface area contributed by atoms with Crippen LogP contribution in [0.15, 0.2) is 0 Å². The summed E-state index contributed by atoms with van der Waals surface area (Å²) in [6.45, 7) is 8.65. The first-order valence-electron chi connectivity index (χ1n) is 19.4. The second-order valence-electron chi connectivity index (χ2n) is 13.0. The fourth-order valence-electron chi connectivity index (χ4n) is 5.53. The number of rotatable bonds is 39. The van der Waals surface area contributed by atoms with Crippen LogP contribution >= 0.6 is 0 Å². The summed E-state index contributed by atoms with van der Waals surface area (Å²) in [5.74, 6) is 0. The summed E-state index contributed by atoms with van der Waals surface area (Å²) in [5, 5.41) is 19.0. The smallest absolute Gasteiger partial charge is 0.104 e. The van der Waals surface area contributed by atoms with Crippen molar-refractivity contribution in [3.05, 3.63) is 0 Å². The van der Waals surface area contributed by atoms with Gasteiger partial charge in [-0.1, -0.05) is 155 Å². The van der Waals surface area contributed by atoms with Crippen LogP contribution in [0.3, 0.4) is 0 Å². The zero-order valence-electron chi connectivity index (χ0n) is 29.7. The predicted molar refractivity (Wildman–Crippen MR) is 187 cm³/mol. The molecule has 0 aromatic carbocycles. The van der Waals surface area contributed by atoms with E-state index in [-0.39, 0.29) is 25.4 Å². The van der Waals surface area contributed by atoms with Gasteiger partial charge < -0.3 is 29.2 Å². The van der Waals surface area contributed by atoms with Gasteiger partial charge >= 0.3 is 0 Å². The van der Waals surface area contributed by atoms with Crippen LogP contribution in [0.5, 0.6) is 0 Å². The maximum atomic E-state index is 9.50. The molecule has 0 aliphatic carbocycles. The molecule has 0 aromatic heterocycles. The molecule has 0 spiro atoms.